The average molecular weight is 143 g/mol. The van der Waals surface area contributed by atoms with Gasteiger partial charge in [0.15, 0.2) is 0 Å². The van der Waals surface area contributed by atoms with Crippen LogP contribution < -0.4 is 0 Å². The lowest BCUT2D eigenvalue weighted by Crippen LogP contribution is -2.18. The Bertz CT molecular complexity index is 112. The lowest BCUT2D eigenvalue weighted by molar-refractivity contribution is 0.205. The third-order valence-electron chi connectivity index (χ3n) is 1.82. The van der Waals surface area contributed by atoms with Crippen LogP contribution in [-0.4, -0.2) is 16.9 Å². The minimum atomic E-state index is -0.519. The third-order valence-corrected chi connectivity index (χ3v) is 1.82. The maximum atomic E-state index is 9.20. The van der Waals surface area contributed by atoms with Gasteiger partial charge in [0.05, 0.1) is 6.10 Å². The fourth-order valence-corrected chi connectivity index (χ4v) is 0.725. The number of hydrogen-bond acceptors (Lipinski definition) is 2. The summed E-state index contributed by atoms with van der Waals surface area (Å²) in [5.41, 5.74) is 0.375. The lowest BCUT2D eigenvalue weighted by Gasteiger charge is -2.12. The zero-order valence-corrected chi connectivity index (χ0v) is 7.02. The van der Waals surface area contributed by atoms with Crippen molar-refractivity contribution in [1.29, 1.82) is 5.41 Å². The van der Waals surface area contributed by atoms with Gasteiger partial charge in [-0.3, -0.25) is 0 Å². The molecule has 0 saturated carbocycles. The topological polar surface area (TPSA) is 44.1 Å². The van der Waals surface area contributed by atoms with Crippen LogP contribution in [0.3, 0.4) is 0 Å². The van der Waals surface area contributed by atoms with Gasteiger partial charge in [-0.15, -0.1) is 0 Å². The van der Waals surface area contributed by atoms with E-state index in [1.54, 1.807) is 6.92 Å². The van der Waals surface area contributed by atoms with Crippen molar-refractivity contribution in [3.05, 3.63) is 0 Å². The Kier molecular flexibility index (Phi) is 4.28. The Balaban J connectivity index is 3.56. The highest BCUT2D eigenvalue weighted by atomic mass is 16.3. The molecule has 0 fully saturated rings. The standard InChI is InChI=1S/C8H17NO/c1-4-6(2)5-8(10)7(3)9/h6,8-10H,4-5H2,1-3H3/t6?,8-/m0/s1. The van der Waals surface area contributed by atoms with Crippen LogP contribution in [-0.2, 0) is 0 Å². The van der Waals surface area contributed by atoms with E-state index in [0.717, 1.165) is 12.8 Å². The summed E-state index contributed by atoms with van der Waals surface area (Å²) in [7, 11) is 0. The molecule has 0 aliphatic heterocycles. The Morgan fingerprint density at radius 1 is 1.60 bits per heavy atom. The number of rotatable bonds is 4. The molecule has 2 atom stereocenters. The molecule has 0 amide bonds. The molecule has 60 valence electrons. The molecule has 0 rings (SSSR count). The van der Waals surface area contributed by atoms with E-state index in [1.165, 1.54) is 0 Å². The Morgan fingerprint density at radius 3 is 2.40 bits per heavy atom. The summed E-state index contributed by atoms with van der Waals surface area (Å²) < 4.78 is 0. The SMILES string of the molecule is CCC(C)C[C@H](O)C(C)=N. The first-order valence-electron chi connectivity index (χ1n) is 3.81. The van der Waals surface area contributed by atoms with Crippen molar-refractivity contribution in [1.82, 2.24) is 0 Å². The zero-order chi connectivity index (χ0) is 8.15. The van der Waals surface area contributed by atoms with Crippen LogP contribution in [0.1, 0.15) is 33.6 Å². The molecule has 1 unspecified atom stereocenters. The van der Waals surface area contributed by atoms with Crippen molar-refractivity contribution in [2.24, 2.45) is 5.92 Å². The van der Waals surface area contributed by atoms with E-state index in [1.807, 2.05) is 0 Å². The van der Waals surface area contributed by atoms with Crippen LogP contribution in [0.15, 0.2) is 0 Å². The van der Waals surface area contributed by atoms with Gasteiger partial charge in [-0.1, -0.05) is 20.3 Å². The van der Waals surface area contributed by atoms with Crippen LogP contribution in [0.2, 0.25) is 0 Å². The first-order chi connectivity index (χ1) is 4.57. The number of nitrogens with one attached hydrogen (secondary N) is 1. The Labute approximate surface area is 62.8 Å². The van der Waals surface area contributed by atoms with Gasteiger partial charge in [-0.25, -0.2) is 0 Å². The van der Waals surface area contributed by atoms with Crippen molar-refractivity contribution >= 4 is 5.71 Å². The van der Waals surface area contributed by atoms with E-state index in [0.29, 0.717) is 11.6 Å². The largest absolute Gasteiger partial charge is 0.387 e. The molecule has 0 bridgehead atoms. The molecular formula is C8H17NO. The first kappa shape index (κ1) is 9.63. The smallest absolute Gasteiger partial charge is 0.0913 e. The van der Waals surface area contributed by atoms with Crippen LogP contribution in [0.5, 0.6) is 0 Å². The van der Waals surface area contributed by atoms with E-state index in [4.69, 9.17) is 5.41 Å². The molecule has 0 aromatic rings. The third kappa shape index (κ3) is 3.62. The molecule has 0 heterocycles. The van der Waals surface area contributed by atoms with Gasteiger partial charge < -0.3 is 10.5 Å². The van der Waals surface area contributed by atoms with Gasteiger partial charge in [0, 0.05) is 5.71 Å². The highest BCUT2D eigenvalue weighted by Gasteiger charge is 2.09. The molecule has 2 nitrogen and oxygen atoms in total. The van der Waals surface area contributed by atoms with Crippen molar-refractivity contribution in [2.75, 3.05) is 0 Å². The minimum absolute atomic E-state index is 0.375. The fraction of sp³-hybridized carbons (Fsp3) is 0.875. The molecule has 0 aromatic carbocycles. The van der Waals surface area contributed by atoms with E-state index < -0.39 is 6.10 Å². The van der Waals surface area contributed by atoms with E-state index in [-0.39, 0.29) is 0 Å². The van der Waals surface area contributed by atoms with Crippen LogP contribution in [0, 0.1) is 11.3 Å². The van der Waals surface area contributed by atoms with Crippen molar-refractivity contribution in [2.45, 2.75) is 39.7 Å². The van der Waals surface area contributed by atoms with Crippen LogP contribution >= 0.6 is 0 Å². The predicted octanol–water partition coefficient (Wildman–Crippen LogP) is 1.82. The summed E-state index contributed by atoms with van der Waals surface area (Å²) in [5.74, 6) is 0.523. The monoisotopic (exact) mass is 143 g/mol. The maximum absolute atomic E-state index is 9.20. The zero-order valence-electron chi connectivity index (χ0n) is 7.02. The molecule has 0 spiro atoms. The molecule has 0 saturated heterocycles. The molecule has 0 aliphatic carbocycles. The quantitative estimate of drug-likeness (QED) is 0.579. The van der Waals surface area contributed by atoms with Gasteiger partial charge in [-0.2, -0.15) is 0 Å². The maximum Gasteiger partial charge on any atom is 0.0913 e. The number of aliphatic hydroxyl groups is 1. The summed E-state index contributed by atoms with van der Waals surface area (Å²) in [5, 5.41) is 16.3. The molecule has 10 heavy (non-hydrogen) atoms. The number of aliphatic hydroxyl groups excluding tert-OH is 1. The van der Waals surface area contributed by atoms with Crippen LogP contribution in [0.4, 0.5) is 0 Å². The summed E-state index contributed by atoms with van der Waals surface area (Å²) in [6.07, 6.45) is 1.28. The molecule has 0 aromatic heterocycles. The Hall–Kier alpha value is -0.370. The summed E-state index contributed by atoms with van der Waals surface area (Å²) in [4.78, 5) is 0. The van der Waals surface area contributed by atoms with Crippen molar-refractivity contribution in [3.8, 4) is 0 Å². The molecule has 2 N–H and O–H groups in total. The van der Waals surface area contributed by atoms with E-state index in [2.05, 4.69) is 13.8 Å². The highest BCUT2D eigenvalue weighted by Crippen LogP contribution is 2.09. The van der Waals surface area contributed by atoms with Gasteiger partial charge in [-0.05, 0) is 19.3 Å². The van der Waals surface area contributed by atoms with Crippen LogP contribution in [0.25, 0.3) is 0 Å². The fourth-order valence-electron chi connectivity index (χ4n) is 0.725. The Morgan fingerprint density at radius 2 is 2.10 bits per heavy atom. The summed E-state index contributed by atoms with van der Waals surface area (Å²) in [6, 6.07) is 0. The predicted molar refractivity (Wildman–Crippen MR) is 43.5 cm³/mol. The molecule has 0 aliphatic rings. The second kappa shape index (κ2) is 4.45. The number of hydrogen-bond donors (Lipinski definition) is 2. The lowest BCUT2D eigenvalue weighted by atomic mass is 9.99. The van der Waals surface area contributed by atoms with Crippen molar-refractivity contribution < 1.29 is 5.11 Å². The summed E-state index contributed by atoms with van der Waals surface area (Å²) >= 11 is 0. The minimum Gasteiger partial charge on any atom is -0.387 e. The van der Waals surface area contributed by atoms with Gasteiger partial charge in [0.2, 0.25) is 0 Å². The highest BCUT2D eigenvalue weighted by molar-refractivity contribution is 5.82. The molecule has 2 heteroatoms. The first-order valence-corrected chi connectivity index (χ1v) is 3.81. The second-order valence-corrected chi connectivity index (χ2v) is 2.95. The molecule has 0 radical (unpaired) electrons. The van der Waals surface area contributed by atoms with E-state index in [9.17, 15) is 5.11 Å². The average Bonchev–Trinajstić information content (AvgIpc) is 1.87. The van der Waals surface area contributed by atoms with Gasteiger partial charge in [0.1, 0.15) is 0 Å². The summed E-state index contributed by atoms with van der Waals surface area (Å²) in [6.45, 7) is 5.83. The van der Waals surface area contributed by atoms with Gasteiger partial charge in [0.25, 0.3) is 0 Å². The van der Waals surface area contributed by atoms with Gasteiger partial charge >= 0.3 is 0 Å². The second-order valence-electron chi connectivity index (χ2n) is 2.95. The molecular weight excluding hydrogens is 126 g/mol. The van der Waals surface area contributed by atoms with E-state index >= 15 is 0 Å². The van der Waals surface area contributed by atoms with Crippen molar-refractivity contribution in [3.63, 3.8) is 0 Å². The normalized spacial score (nSPS) is 16.4.